The first-order chi connectivity index (χ1) is 28.5. The molecule has 0 aromatic carbocycles. The molecule has 0 fully saturated rings. The Bertz CT molecular complexity index is 1020. The van der Waals surface area contributed by atoms with Crippen LogP contribution in [0.1, 0.15) is 239 Å². The first-order valence-corrected chi connectivity index (χ1v) is 26.4. The smallest absolute Gasteiger partial charge is 0.306 e. The standard InChI is InChI=1S/C49H96NO8P/c1-6-8-10-12-14-16-18-20-22-24-25-26-28-30-32-34-36-38-40-42-49(52)58-47(46-57-59(53,54)56-44-43-50(3,4)5)45-55-48(51)41-39-37-35-33-31-29-27-23-21-19-17-15-13-11-9-7-2/h24-25,47H,6-23,26-46H2,1-5H3/b25-24-/t47-/m1/s1. The van der Waals surface area contributed by atoms with Crippen molar-refractivity contribution in [2.45, 2.75) is 245 Å². The number of nitrogens with zero attached hydrogens (tertiary/aromatic N) is 1. The van der Waals surface area contributed by atoms with Crippen molar-refractivity contribution in [1.82, 2.24) is 0 Å². The second kappa shape index (κ2) is 42.1. The van der Waals surface area contributed by atoms with E-state index in [0.29, 0.717) is 17.4 Å². The normalized spacial score (nSPS) is 13.5. The Hall–Kier alpha value is -1.25. The molecule has 0 aliphatic heterocycles. The van der Waals surface area contributed by atoms with Crippen molar-refractivity contribution in [3.63, 3.8) is 0 Å². The molecular weight excluding hydrogens is 762 g/mol. The molecule has 0 saturated heterocycles. The molecule has 0 aromatic heterocycles. The number of unbranched alkanes of at least 4 members (excludes halogenated alkanes) is 30. The molecule has 0 spiro atoms. The molecule has 0 bridgehead atoms. The van der Waals surface area contributed by atoms with Crippen molar-refractivity contribution < 1.29 is 42.1 Å². The van der Waals surface area contributed by atoms with E-state index in [1.165, 1.54) is 161 Å². The fourth-order valence-corrected chi connectivity index (χ4v) is 7.85. The third-order valence-electron chi connectivity index (χ3n) is 11.0. The van der Waals surface area contributed by atoms with Crippen LogP contribution in [-0.2, 0) is 32.7 Å². The molecule has 0 aliphatic rings. The third-order valence-corrected chi connectivity index (χ3v) is 12.0. The van der Waals surface area contributed by atoms with Crippen molar-refractivity contribution in [3.05, 3.63) is 12.2 Å². The maximum absolute atomic E-state index is 12.7. The summed E-state index contributed by atoms with van der Waals surface area (Å²) in [5.74, 6) is -0.825. The van der Waals surface area contributed by atoms with E-state index < -0.39 is 26.5 Å². The van der Waals surface area contributed by atoms with Crippen LogP contribution in [0.15, 0.2) is 12.2 Å². The van der Waals surface area contributed by atoms with Crippen LogP contribution in [0.25, 0.3) is 0 Å². The molecule has 0 rings (SSSR count). The van der Waals surface area contributed by atoms with Gasteiger partial charge in [0, 0.05) is 12.8 Å². The van der Waals surface area contributed by atoms with E-state index in [-0.39, 0.29) is 32.0 Å². The van der Waals surface area contributed by atoms with E-state index in [0.717, 1.165) is 44.9 Å². The summed E-state index contributed by atoms with van der Waals surface area (Å²) in [7, 11) is 1.18. The van der Waals surface area contributed by atoms with Gasteiger partial charge >= 0.3 is 11.9 Å². The number of phosphoric ester groups is 1. The lowest BCUT2D eigenvalue weighted by Gasteiger charge is -2.28. The summed E-state index contributed by atoms with van der Waals surface area (Å²) in [6.45, 7) is 4.27. The largest absolute Gasteiger partial charge is 0.756 e. The van der Waals surface area contributed by atoms with Crippen LogP contribution in [0.3, 0.4) is 0 Å². The second-order valence-electron chi connectivity index (χ2n) is 18.2. The summed E-state index contributed by atoms with van der Waals surface area (Å²) in [4.78, 5) is 37.7. The zero-order chi connectivity index (χ0) is 43.6. The van der Waals surface area contributed by atoms with Gasteiger partial charge in [-0.3, -0.25) is 14.2 Å². The number of phosphoric acid groups is 1. The highest BCUT2D eigenvalue weighted by Gasteiger charge is 2.21. The van der Waals surface area contributed by atoms with Crippen molar-refractivity contribution in [2.75, 3.05) is 47.5 Å². The molecule has 0 radical (unpaired) electrons. The Balaban J connectivity index is 4.25. The Morgan fingerprint density at radius 1 is 0.508 bits per heavy atom. The fraction of sp³-hybridized carbons (Fsp3) is 0.918. The maximum Gasteiger partial charge on any atom is 0.306 e. The molecule has 0 amide bonds. The lowest BCUT2D eigenvalue weighted by Crippen LogP contribution is -2.37. The van der Waals surface area contributed by atoms with E-state index in [1.807, 2.05) is 21.1 Å². The van der Waals surface area contributed by atoms with Crippen LogP contribution in [0, 0.1) is 0 Å². The molecule has 10 heteroatoms. The number of carbonyl (C=O) groups excluding carboxylic acids is 2. The summed E-state index contributed by atoms with van der Waals surface area (Å²) < 4.78 is 34.0. The molecule has 1 unspecified atom stereocenters. The topological polar surface area (TPSA) is 111 Å². The quantitative estimate of drug-likeness (QED) is 0.0196. The monoisotopic (exact) mass is 858 g/mol. The number of likely N-dealkylation sites (N-methyl/N-ethyl adjacent to an activating group) is 1. The first-order valence-electron chi connectivity index (χ1n) is 24.9. The zero-order valence-corrected chi connectivity index (χ0v) is 40.4. The molecule has 0 heterocycles. The Kier molecular flexibility index (Phi) is 41.2. The summed E-state index contributed by atoms with van der Waals surface area (Å²) in [6, 6.07) is 0. The van der Waals surface area contributed by atoms with Crippen LogP contribution in [0.2, 0.25) is 0 Å². The van der Waals surface area contributed by atoms with E-state index in [2.05, 4.69) is 26.0 Å². The van der Waals surface area contributed by atoms with Crippen LogP contribution >= 0.6 is 7.82 Å². The number of hydrogen-bond donors (Lipinski definition) is 0. The van der Waals surface area contributed by atoms with E-state index in [1.54, 1.807) is 0 Å². The van der Waals surface area contributed by atoms with Crippen LogP contribution in [0.4, 0.5) is 0 Å². The van der Waals surface area contributed by atoms with Gasteiger partial charge in [-0.15, -0.1) is 0 Å². The van der Waals surface area contributed by atoms with E-state index in [9.17, 15) is 19.0 Å². The predicted molar refractivity (Wildman–Crippen MR) is 245 cm³/mol. The van der Waals surface area contributed by atoms with Gasteiger partial charge in [-0.25, -0.2) is 0 Å². The Labute approximate surface area is 365 Å². The minimum absolute atomic E-state index is 0.0283. The molecular formula is C49H96NO8P. The van der Waals surface area contributed by atoms with Gasteiger partial charge in [0.2, 0.25) is 0 Å². The fourth-order valence-electron chi connectivity index (χ4n) is 7.12. The van der Waals surface area contributed by atoms with Gasteiger partial charge in [0.1, 0.15) is 19.8 Å². The highest BCUT2D eigenvalue weighted by molar-refractivity contribution is 7.45. The van der Waals surface area contributed by atoms with E-state index >= 15 is 0 Å². The predicted octanol–water partition coefficient (Wildman–Crippen LogP) is 13.9. The summed E-state index contributed by atoms with van der Waals surface area (Å²) in [5.41, 5.74) is 0. The van der Waals surface area contributed by atoms with Gasteiger partial charge in [-0.1, -0.05) is 199 Å². The van der Waals surface area contributed by atoms with Gasteiger partial charge in [0.05, 0.1) is 27.7 Å². The van der Waals surface area contributed by atoms with Gasteiger partial charge in [0.15, 0.2) is 6.10 Å². The lowest BCUT2D eigenvalue weighted by atomic mass is 10.0. The number of esters is 2. The molecule has 350 valence electrons. The van der Waals surface area contributed by atoms with Gasteiger partial charge in [-0.05, 0) is 38.5 Å². The highest BCUT2D eigenvalue weighted by Crippen LogP contribution is 2.38. The molecule has 9 nitrogen and oxygen atoms in total. The van der Waals surface area contributed by atoms with Crippen LogP contribution in [0.5, 0.6) is 0 Å². The SMILES string of the molecule is CCCCCCCCCC/C=C\CCCCCCCCCC(=O)O[C@H](COC(=O)CCCCCCCCCCCCCCCCCC)COP(=O)([O-])OCC[N+](C)(C)C. The molecule has 0 aliphatic carbocycles. The van der Waals surface area contributed by atoms with Gasteiger partial charge < -0.3 is 27.9 Å². The second-order valence-corrected chi connectivity index (χ2v) is 19.6. The lowest BCUT2D eigenvalue weighted by molar-refractivity contribution is -0.870. The molecule has 0 N–H and O–H groups in total. The Morgan fingerprint density at radius 2 is 0.864 bits per heavy atom. The van der Waals surface area contributed by atoms with Crippen LogP contribution in [-0.4, -0.2) is 70.0 Å². The highest BCUT2D eigenvalue weighted by atomic mass is 31.2. The third kappa shape index (κ3) is 46.1. The maximum atomic E-state index is 12.7. The number of carbonyl (C=O) groups is 2. The van der Waals surface area contributed by atoms with Gasteiger partial charge in [-0.2, -0.15) is 0 Å². The molecule has 0 aromatic rings. The number of rotatable bonds is 46. The zero-order valence-electron chi connectivity index (χ0n) is 39.5. The molecule has 2 atom stereocenters. The Morgan fingerprint density at radius 3 is 1.25 bits per heavy atom. The number of quaternary nitrogens is 1. The number of hydrogen-bond acceptors (Lipinski definition) is 8. The van der Waals surface area contributed by atoms with Crippen molar-refractivity contribution in [2.24, 2.45) is 0 Å². The van der Waals surface area contributed by atoms with Crippen molar-refractivity contribution in [3.8, 4) is 0 Å². The summed E-state index contributed by atoms with van der Waals surface area (Å²) in [6.07, 6.45) is 45.2. The van der Waals surface area contributed by atoms with Crippen molar-refractivity contribution >= 4 is 19.8 Å². The average Bonchev–Trinajstić information content (AvgIpc) is 3.19. The minimum atomic E-state index is -4.62. The number of ether oxygens (including phenoxy) is 2. The summed E-state index contributed by atoms with van der Waals surface area (Å²) >= 11 is 0. The van der Waals surface area contributed by atoms with Crippen molar-refractivity contribution in [1.29, 1.82) is 0 Å². The average molecular weight is 858 g/mol. The van der Waals surface area contributed by atoms with Crippen LogP contribution < -0.4 is 4.89 Å². The first kappa shape index (κ1) is 57.8. The minimum Gasteiger partial charge on any atom is -0.756 e. The van der Waals surface area contributed by atoms with Gasteiger partial charge in [0.25, 0.3) is 7.82 Å². The van der Waals surface area contributed by atoms with E-state index in [4.69, 9.17) is 18.5 Å². The molecule has 59 heavy (non-hydrogen) atoms. The number of allylic oxidation sites excluding steroid dienone is 2. The molecule has 0 saturated carbocycles. The summed E-state index contributed by atoms with van der Waals surface area (Å²) in [5, 5.41) is 0.